The van der Waals surface area contributed by atoms with Gasteiger partial charge in [-0.1, -0.05) is 40.8 Å². The van der Waals surface area contributed by atoms with E-state index in [1.807, 2.05) is 31.2 Å². The molecule has 2 aromatic carbocycles. The van der Waals surface area contributed by atoms with Crippen molar-refractivity contribution in [2.24, 2.45) is 0 Å². The molecular formula is C22H23N5O4S3. The fourth-order valence-corrected chi connectivity index (χ4v) is 6.37. The minimum atomic E-state index is -3.53. The van der Waals surface area contributed by atoms with E-state index < -0.39 is 15.9 Å². The monoisotopic (exact) mass is 517 g/mol. The van der Waals surface area contributed by atoms with E-state index in [9.17, 15) is 18.0 Å². The SMILES string of the molecule is Cc1ccc(NC(=O)CSc2nnc(NC(=O)c3ccc(S(=O)(=O)N4CCCC4)cc3)s2)cc1. The van der Waals surface area contributed by atoms with Crippen molar-refractivity contribution in [3.63, 3.8) is 0 Å². The molecule has 0 saturated carbocycles. The van der Waals surface area contributed by atoms with Gasteiger partial charge in [0.15, 0.2) is 4.34 Å². The van der Waals surface area contributed by atoms with Crippen LogP contribution >= 0.6 is 23.1 Å². The second kappa shape index (κ2) is 10.6. The Labute approximate surface area is 206 Å². The van der Waals surface area contributed by atoms with E-state index in [-0.39, 0.29) is 16.6 Å². The highest BCUT2D eigenvalue weighted by atomic mass is 32.2. The van der Waals surface area contributed by atoms with Crippen molar-refractivity contribution in [1.29, 1.82) is 0 Å². The van der Waals surface area contributed by atoms with E-state index in [2.05, 4.69) is 20.8 Å². The second-order valence-corrected chi connectivity index (χ2v) is 11.8. The van der Waals surface area contributed by atoms with Crippen LogP contribution in [-0.4, -0.2) is 53.6 Å². The van der Waals surface area contributed by atoms with Gasteiger partial charge >= 0.3 is 0 Å². The quantitative estimate of drug-likeness (QED) is 0.346. The Morgan fingerprint density at radius 3 is 2.35 bits per heavy atom. The molecular weight excluding hydrogens is 494 g/mol. The van der Waals surface area contributed by atoms with Gasteiger partial charge in [0.1, 0.15) is 0 Å². The second-order valence-electron chi connectivity index (χ2n) is 7.67. The molecule has 1 aliphatic rings. The standard InChI is InChI=1S/C22H23N5O4S3/c1-15-4-8-17(9-5-15)23-19(28)14-32-22-26-25-21(33-22)24-20(29)16-6-10-18(11-7-16)34(30,31)27-12-2-3-13-27/h4-11H,2-3,12-14H2,1H3,(H,23,28)(H,24,25,29). The molecule has 0 spiro atoms. The molecule has 2 N–H and O–H groups in total. The first-order valence-electron chi connectivity index (χ1n) is 10.6. The summed E-state index contributed by atoms with van der Waals surface area (Å²) in [4.78, 5) is 24.8. The number of carbonyl (C=O) groups is 2. The van der Waals surface area contributed by atoms with Crippen LogP contribution in [0, 0.1) is 6.92 Å². The number of benzene rings is 2. The third-order valence-electron chi connectivity index (χ3n) is 5.11. The minimum absolute atomic E-state index is 0.156. The number of nitrogens with one attached hydrogen (secondary N) is 2. The van der Waals surface area contributed by atoms with Crippen molar-refractivity contribution in [1.82, 2.24) is 14.5 Å². The maximum Gasteiger partial charge on any atom is 0.257 e. The number of aryl methyl sites for hydroxylation is 1. The van der Waals surface area contributed by atoms with Gasteiger partial charge in [-0.25, -0.2) is 8.42 Å². The van der Waals surface area contributed by atoms with Gasteiger partial charge in [0.25, 0.3) is 5.91 Å². The van der Waals surface area contributed by atoms with Crippen LogP contribution < -0.4 is 10.6 Å². The summed E-state index contributed by atoms with van der Waals surface area (Å²) in [6.45, 7) is 3.02. The molecule has 0 radical (unpaired) electrons. The molecule has 1 saturated heterocycles. The van der Waals surface area contributed by atoms with Crippen molar-refractivity contribution in [2.45, 2.75) is 29.0 Å². The fraction of sp³-hybridized carbons (Fsp3) is 0.273. The summed E-state index contributed by atoms with van der Waals surface area (Å²) in [5.74, 6) is -0.433. The van der Waals surface area contributed by atoms with Gasteiger partial charge in [0.05, 0.1) is 10.6 Å². The predicted octanol–water partition coefficient (Wildman–Crippen LogP) is 3.61. The Hall–Kier alpha value is -2.80. The highest BCUT2D eigenvalue weighted by Gasteiger charge is 2.27. The summed E-state index contributed by atoms with van der Waals surface area (Å²) >= 11 is 2.38. The van der Waals surface area contributed by atoms with Gasteiger partial charge in [-0.2, -0.15) is 4.31 Å². The van der Waals surface area contributed by atoms with Crippen molar-refractivity contribution in [3.05, 3.63) is 59.7 Å². The molecule has 0 unspecified atom stereocenters. The van der Waals surface area contributed by atoms with Gasteiger partial charge in [-0.15, -0.1) is 10.2 Å². The third-order valence-corrected chi connectivity index (χ3v) is 8.99. The van der Waals surface area contributed by atoms with E-state index >= 15 is 0 Å². The van der Waals surface area contributed by atoms with Crippen molar-refractivity contribution < 1.29 is 18.0 Å². The smallest absolute Gasteiger partial charge is 0.257 e. The maximum atomic E-state index is 12.6. The first-order chi connectivity index (χ1) is 16.3. The number of nitrogens with zero attached hydrogens (tertiary/aromatic N) is 3. The van der Waals surface area contributed by atoms with E-state index in [4.69, 9.17) is 0 Å². The molecule has 0 aliphatic carbocycles. The van der Waals surface area contributed by atoms with Gasteiger partial charge in [-0.3, -0.25) is 14.9 Å². The summed E-state index contributed by atoms with van der Waals surface area (Å²) in [5, 5.41) is 13.7. The molecule has 1 aliphatic heterocycles. The van der Waals surface area contributed by atoms with Gasteiger partial charge in [-0.05, 0) is 56.2 Å². The molecule has 178 valence electrons. The van der Waals surface area contributed by atoms with Gasteiger partial charge in [0, 0.05) is 24.3 Å². The summed E-state index contributed by atoms with van der Waals surface area (Å²) in [7, 11) is -3.53. The Morgan fingerprint density at radius 2 is 1.68 bits per heavy atom. The maximum absolute atomic E-state index is 12.6. The van der Waals surface area contributed by atoms with Crippen LogP contribution in [0.2, 0.25) is 0 Å². The first-order valence-corrected chi connectivity index (χ1v) is 13.8. The number of hydrogen-bond acceptors (Lipinski definition) is 8. The molecule has 34 heavy (non-hydrogen) atoms. The molecule has 1 aromatic heterocycles. The van der Waals surface area contributed by atoms with Crippen LogP contribution in [0.3, 0.4) is 0 Å². The predicted molar refractivity (Wildman–Crippen MR) is 133 cm³/mol. The Kier molecular flexibility index (Phi) is 7.61. The van der Waals surface area contributed by atoms with E-state index in [0.29, 0.717) is 28.1 Å². The largest absolute Gasteiger partial charge is 0.325 e. The Morgan fingerprint density at radius 1 is 1.00 bits per heavy atom. The molecule has 1 fully saturated rings. The van der Waals surface area contributed by atoms with Crippen LogP contribution in [0.15, 0.2) is 57.8 Å². The molecule has 2 heterocycles. The lowest BCUT2D eigenvalue weighted by atomic mass is 10.2. The average Bonchev–Trinajstić information content (AvgIpc) is 3.52. The summed E-state index contributed by atoms with van der Waals surface area (Å²) in [5.41, 5.74) is 2.14. The Bertz CT molecular complexity index is 1270. The number of amides is 2. The van der Waals surface area contributed by atoms with Crippen molar-refractivity contribution in [3.8, 4) is 0 Å². The van der Waals surface area contributed by atoms with Crippen molar-refractivity contribution >= 4 is 55.8 Å². The molecule has 3 aromatic rings. The normalized spacial score (nSPS) is 14.1. The molecule has 9 nitrogen and oxygen atoms in total. The highest BCUT2D eigenvalue weighted by molar-refractivity contribution is 8.01. The number of sulfonamides is 1. The molecule has 4 rings (SSSR count). The van der Waals surface area contributed by atoms with Crippen molar-refractivity contribution in [2.75, 3.05) is 29.5 Å². The number of carbonyl (C=O) groups excluding carboxylic acids is 2. The number of anilines is 2. The summed E-state index contributed by atoms with van der Waals surface area (Å²) in [6.07, 6.45) is 1.72. The molecule has 0 bridgehead atoms. The van der Waals surface area contributed by atoms with Crippen LogP contribution in [0.1, 0.15) is 28.8 Å². The van der Waals surface area contributed by atoms with Crippen LogP contribution in [-0.2, 0) is 14.8 Å². The molecule has 12 heteroatoms. The topological polar surface area (TPSA) is 121 Å². The average molecular weight is 518 g/mol. The van der Waals surface area contributed by atoms with Gasteiger partial charge in [0.2, 0.25) is 21.1 Å². The van der Waals surface area contributed by atoms with Gasteiger partial charge < -0.3 is 5.32 Å². The zero-order chi connectivity index (χ0) is 24.1. The minimum Gasteiger partial charge on any atom is -0.325 e. The highest BCUT2D eigenvalue weighted by Crippen LogP contribution is 2.26. The lowest BCUT2D eigenvalue weighted by molar-refractivity contribution is -0.113. The van der Waals surface area contributed by atoms with E-state index in [1.165, 1.54) is 40.3 Å². The van der Waals surface area contributed by atoms with E-state index in [0.717, 1.165) is 35.4 Å². The van der Waals surface area contributed by atoms with Crippen LogP contribution in [0.4, 0.5) is 10.8 Å². The summed E-state index contributed by atoms with van der Waals surface area (Å²) < 4.78 is 27.2. The third kappa shape index (κ3) is 6.00. The summed E-state index contributed by atoms with van der Waals surface area (Å²) in [6, 6.07) is 13.3. The lowest BCUT2D eigenvalue weighted by Gasteiger charge is -2.15. The number of hydrogen-bond donors (Lipinski definition) is 2. The number of rotatable bonds is 8. The van der Waals surface area contributed by atoms with E-state index in [1.54, 1.807) is 0 Å². The zero-order valence-electron chi connectivity index (χ0n) is 18.4. The lowest BCUT2D eigenvalue weighted by Crippen LogP contribution is -2.27. The number of aromatic nitrogens is 2. The first kappa shape index (κ1) is 24.3. The molecule has 0 atom stereocenters. The molecule has 2 amide bonds. The van der Waals surface area contributed by atoms with Crippen LogP contribution in [0.25, 0.3) is 0 Å². The van der Waals surface area contributed by atoms with Crippen LogP contribution in [0.5, 0.6) is 0 Å². The Balaban J connectivity index is 1.29. The number of thioether (sulfide) groups is 1. The zero-order valence-corrected chi connectivity index (χ0v) is 20.8. The fourth-order valence-electron chi connectivity index (χ4n) is 3.30.